The molecule has 0 amide bonds. The Hall–Kier alpha value is -9.88. The van der Waals surface area contributed by atoms with Crippen LogP contribution in [0.25, 0.3) is 144 Å². The second kappa shape index (κ2) is 20.2. The van der Waals surface area contributed by atoms with E-state index in [-0.39, 0.29) is 5.41 Å². The van der Waals surface area contributed by atoms with Gasteiger partial charge in [-0.2, -0.15) is 0 Å². The normalized spacial score (nSPS) is 11.7. The summed E-state index contributed by atoms with van der Waals surface area (Å²) in [7, 11) is 0. The van der Waals surface area contributed by atoms with Gasteiger partial charge in [-0.1, -0.05) is 251 Å². The Morgan fingerprint density at radius 1 is 0.175 bits per heavy atom. The minimum Gasteiger partial charge on any atom is -0.0622 e. The topological polar surface area (TPSA) is 0 Å². The molecule has 0 heterocycles. The Labute approximate surface area is 469 Å². The molecule has 14 aromatic carbocycles. The number of benzene rings is 14. The van der Waals surface area contributed by atoms with Crippen LogP contribution in [-0.2, 0) is 5.41 Å². The minimum absolute atomic E-state index is 0.0151. The quantitative estimate of drug-likeness (QED) is 0.120. The maximum Gasteiger partial charge on any atom is -0.00139 e. The van der Waals surface area contributed by atoms with E-state index in [4.69, 9.17) is 0 Å². The lowest BCUT2D eigenvalue weighted by Crippen LogP contribution is -2.10. The van der Waals surface area contributed by atoms with Gasteiger partial charge in [0, 0.05) is 0 Å². The number of rotatable bonds is 10. The zero-order valence-corrected chi connectivity index (χ0v) is 45.3. The molecule has 0 saturated carbocycles. The lowest BCUT2D eigenvalue weighted by Gasteiger charge is -2.23. The van der Waals surface area contributed by atoms with Crippen molar-refractivity contribution in [3.63, 3.8) is 0 Å². The molecule has 0 N–H and O–H groups in total. The summed E-state index contributed by atoms with van der Waals surface area (Å²) in [5.74, 6) is 0. The first-order valence-electron chi connectivity index (χ1n) is 28.0. The third kappa shape index (κ3) is 9.05. The van der Waals surface area contributed by atoms with Gasteiger partial charge in [-0.15, -0.1) is 0 Å². The average Bonchev–Trinajstić information content (AvgIpc) is 3.67. The van der Waals surface area contributed by atoms with Crippen molar-refractivity contribution in [1.29, 1.82) is 0 Å². The monoisotopic (exact) mass is 1020 g/mol. The SMILES string of the molecule is CC(C)(C)c1ccc(-c2cc(-c3cc(-c4ccccc4)cc(-c4ccccc4)c3)c3ccc4c(-c5cc(-c6ccccc6)cc(-c6ccccc6)c5)cc(-c5cc(-c6ccccc6)cc(-c6ccccc6)c5)c5ccc2c3c54)cc1. The molecule has 0 fully saturated rings. The summed E-state index contributed by atoms with van der Waals surface area (Å²) in [5.41, 5.74) is 25.1. The van der Waals surface area contributed by atoms with Gasteiger partial charge in [-0.25, -0.2) is 0 Å². The average molecular weight is 1020 g/mol. The van der Waals surface area contributed by atoms with Crippen LogP contribution in [0.1, 0.15) is 26.3 Å². The summed E-state index contributed by atoms with van der Waals surface area (Å²) >= 11 is 0. The van der Waals surface area contributed by atoms with Gasteiger partial charge in [0.2, 0.25) is 0 Å². The highest BCUT2D eigenvalue weighted by atomic mass is 14.3. The highest BCUT2D eigenvalue weighted by Crippen LogP contribution is 2.51. The van der Waals surface area contributed by atoms with Gasteiger partial charge in [0.15, 0.2) is 0 Å². The zero-order valence-electron chi connectivity index (χ0n) is 45.3. The fourth-order valence-corrected chi connectivity index (χ4v) is 12.2. The van der Waals surface area contributed by atoms with E-state index in [0.717, 1.165) is 0 Å². The summed E-state index contributed by atoms with van der Waals surface area (Å²) in [6, 6.07) is 111. The first-order chi connectivity index (χ1) is 39.3. The molecule has 0 aromatic heterocycles. The lowest BCUT2D eigenvalue weighted by atomic mass is 9.80. The molecular weight excluding hydrogens is 961 g/mol. The van der Waals surface area contributed by atoms with Crippen LogP contribution >= 0.6 is 0 Å². The molecule has 0 atom stereocenters. The van der Waals surface area contributed by atoms with E-state index in [2.05, 4.69) is 318 Å². The molecule has 0 heteroatoms. The number of hydrogen-bond donors (Lipinski definition) is 0. The Kier molecular flexibility index (Phi) is 12.2. The smallest absolute Gasteiger partial charge is 0.00139 e. The molecule has 0 unspecified atom stereocenters. The Balaban J connectivity index is 1.13. The predicted octanol–water partition coefficient (Wildman–Crippen LogP) is 22.6. The standard InChI is InChI=1S/C80H58/c1-80(2,3)69-36-34-59(35-37-69)74-51-75(66-45-60(53-22-10-4-11-23-53)42-61(46-66)54-24-12-5-13-25-54)71-40-41-73-77(68-49-64(57-30-18-8-19-31-57)44-65(50-68)58-32-20-9-21-33-58)52-76(72-39-38-70(74)78(71)79(72)73)67-47-62(55-26-14-6-15-27-55)43-63(48-67)56-28-16-7-17-29-56/h4-52H,1-3H3. The molecule has 14 rings (SSSR count). The zero-order chi connectivity index (χ0) is 53.7. The van der Waals surface area contributed by atoms with Crippen LogP contribution in [0.4, 0.5) is 0 Å². The van der Waals surface area contributed by atoms with Crippen LogP contribution in [0.2, 0.25) is 0 Å². The van der Waals surface area contributed by atoms with Crippen molar-refractivity contribution < 1.29 is 0 Å². The van der Waals surface area contributed by atoms with Gasteiger partial charge < -0.3 is 0 Å². The molecule has 14 aromatic rings. The van der Waals surface area contributed by atoms with Crippen molar-refractivity contribution in [2.24, 2.45) is 0 Å². The number of hydrogen-bond acceptors (Lipinski definition) is 0. The Bertz CT molecular complexity index is 4210. The molecule has 80 heavy (non-hydrogen) atoms. The van der Waals surface area contributed by atoms with Gasteiger partial charge in [0.1, 0.15) is 0 Å². The maximum atomic E-state index is 2.50. The molecule has 378 valence electrons. The molecule has 0 saturated heterocycles. The Morgan fingerprint density at radius 2 is 0.388 bits per heavy atom. The van der Waals surface area contributed by atoms with Crippen LogP contribution in [0.3, 0.4) is 0 Å². The van der Waals surface area contributed by atoms with Crippen molar-refractivity contribution in [2.75, 3.05) is 0 Å². The van der Waals surface area contributed by atoms with Gasteiger partial charge in [-0.05, 0) is 221 Å². The van der Waals surface area contributed by atoms with Gasteiger partial charge in [0.05, 0.1) is 0 Å². The first-order valence-corrected chi connectivity index (χ1v) is 28.0. The third-order valence-corrected chi connectivity index (χ3v) is 16.3. The minimum atomic E-state index is 0.0151. The molecule has 0 aliphatic rings. The highest BCUT2D eigenvalue weighted by molar-refractivity contribution is 6.32. The van der Waals surface area contributed by atoms with E-state index >= 15 is 0 Å². The van der Waals surface area contributed by atoms with Gasteiger partial charge in [0.25, 0.3) is 0 Å². The highest BCUT2D eigenvalue weighted by Gasteiger charge is 2.24. The van der Waals surface area contributed by atoms with E-state index in [9.17, 15) is 0 Å². The lowest BCUT2D eigenvalue weighted by molar-refractivity contribution is 0.590. The van der Waals surface area contributed by atoms with Crippen molar-refractivity contribution in [2.45, 2.75) is 26.2 Å². The van der Waals surface area contributed by atoms with E-state index in [1.54, 1.807) is 0 Å². The van der Waals surface area contributed by atoms with E-state index < -0.39 is 0 Å². The van der Waals surface area contributed by atoms with E-state index in [1.165, 1.54) is 149 Å². The third-order valence-electron chi connectivity index (χ3n) is 16.3. The van der Waals surface area contributed by atoms with Crippen molar-refractivity contribution in [3.8, 4) is 111 Å². The van der Waals surface area contributed by atoms with Crippen LogP contribution in [-0.4, -0.2) is 0 Å². The summed E-state index contributed by atoms with van der Waals surface area (Å²) in [6.45, 7) is 6.89. The van der Waals surface area contributed by atoms with Crippen LogP contribution < -0.4 is 0 Å². The van der Waals surface area contributed by atoms with Gasteiger partial charge >= 0.3 is 0 Å². The Morgan fingerprint density at radius 3 is 0.613 bits per heavy atom. The van der Waals surface area contributed by atoms with E-state index in [1.807, 2.05) is 0 Å². The fourth-order valence-electron chi connectivity index (χ4n) is 12.2. The maximum absolute atomic E-state index is 2.50. The molecular formula is C80H58. The molecule has 0 spiro atoms. The fraction of sp³-hybridized carbons (Fsp3) is 0.0500. The van der Waals surface area contributed by atoms with E-state index in [0.29, 0.717) is 0 Å². The van der Waals surface area contributed by atoms with Gasteiger partial charge in [-0.3, -0.25) is 0 Å². The first kappa shape index (κ1) is 48.5. The molecule has 0 bridgehead atoms. The molecule has 0 radical (unpaired) electrons. The molecule has 0 nitrogen and oxygen atoms in total. The summed E-state index contributed by atoms with van der Waals surface area (Å²) in [6.07, 6.45) is 0. The summed E-state index contributed by atoms with van der Waals surface area (Å²) in [5, 5.41) is 7.45. The van der Waals surface area contributed by atoms with Crippen molar-refractivity contribution >= 4 is 32.3 Å². The van der Waals surface area contributed by atoms with Crippen LogP contribution in [0.5, 0.6) is 0 Å². The second-order valence-corrected chi connectivity index (χ2v) is 22.4. The largest absolute Gasteiger partial charge is 0.0622 e. The second-order valence-electron chi connectivity index (χ2n) is 22.4. The van der Waals surface area contributed by atoms with Crippen molar-refractivity contribution in [3.05, 3.63) is 303 Å². The van der Waals surface area contributed by atoms with Crippen molar-refractivity contribution in [1.82, 2.24) is 0 Å². The summed E-state index contributed by atoms with van der Waals surface area (Å²) < 4.78 is 0. The summed E-state index contributed by atoms with van der Waals surface area (Å²) in [4.78, 5) is 0. The molecule has 0 aliphatic carbocycles. The predicted molar refractivity (Wildman–Crippen MR) is 343 cm³/mol. The van der Waals surface area contributed by atoms with Crippen LogP contribution in [0.15, 0.2) is 297 Å². The van der Waals surface area contributed by atoms with Crippen LogP contribution in [0, 0.1) is 0 Å². The molecule has 0 aliphatic heterocycles.